The lowest BCUT2D eigenvalue weighted by Gasteiger charge is -2.25. The summed E-state index contributed by atoms with van der Waals surface area (Å²) >= 11 is 0. The summed E-state index contributed by atoms with van der Waals surface area (Å²) in [5, 5.41) is 8.91. The van der Waals surface area contributed by atoms with Gasteiger partial charge in [-0.15, -0.1) is 0 Å². The quantitative estimate of drug-likeness (QED) is 0.268. The number of aromatic nitrogens is 1. The summed E-state index contributed by atoms with van der Waals surface area (Å²) < 4.78 is 5.50. The molecule has 0 aliphatic heterocycles. The van der Waals surface area contributed by atoms with Crippen LogP contribution in [-0.2, 0) is 16.1 Å². The number of hydroxylamine groups is 1. The number of unbranched alkanes of at least 4 members (excludes halogenated alkanes) is 2. The maximum absolute atomic E-state index is 10.9. The van der Waals surface area contributed by atoms with E-state index >= 15 is 0 Å². The summed E-state index contributed by atoms with van der Waals surface area (Å²) in [4.78, 5) is 20.8. The number of fused-ring (bicyclic) bond motifs is 1. The molecule has 6 nitrogen and oxygen atoms in total. The van der Waals surface area contributed by atoms with Crippen LogP contribution in [0.2, 0.25) is 0 Å². The third kappa shape index (κ3) is 6.95. The zero-order valence-corrected chi connectivity index (χ0v) is 18.6. The van der Waals surface area contributed by atoms with Gasteiger partial charge in [-0.1, -0.05) is 43.7 Å². The smallest absolute Gasteiger partial charge is 0.341 e. The van der Waals surface area contributed by atoms with E-state index in [1.165, 1.54) is 5.56 Å². The average molecular weight is 437 g/mol. The van der Waals surface area contributed by atoms with Crippen molar-refractivity contribution in [1.82, 2.24) is 10.5 Å². The highest BCUT2D eigenvalue weighted by molar-refractivity contribution is 5.68. The number of hydrogen-bond donors (Lipinski definition) is 2. The first kappa shape index (κ1) is 23.5. The van der Waals surface area contributed by atoms with Crippen LogP contribution in [0.25, 0.3) is 5.70 Å². The van der Waals surface area contributed by atoms with Crippen LogP contribution in [0.4, 0.5) is 0 Å². The van der Waals surface area contributed by atoms with Gasteiger partial charge in [-0.25, -0.2) is 4.79 Å². The van der Waals surface area contributed by atoms with Gasteiger partial charge < -0.3 is 9.84 Å². The normalized spacial score (nSPS) is 16.0. The molecule has 1 aliphatic rings. The molecule has 2 aromatic rings. The SMILES string of the molecule is CCCCC=C(NOCC=CC1CCCc2c(OCC(=O)O)cccc21)c1cccnc1. The summed E-state index contributed by atoms with van der Waals surface area (Å²) in [5.74, 6) is -0.0123. The van der Waals surface area contributed by atoms with Crippen LogP contribution < -0.4 is 10.2 Å². The van der Waals surface area contributed by atoms with Crippen molar-refractivity contribution in [3.63, 3.8) is 0 Å². The molecule has 32 heavy (non-hydrogen) atoms. The van der Waals surface area contributed by atoms with Crippen molar-refractivity contribution in [1.29, 1.82) is 0 Å². The minimum atomic E-state index is -0.964. The molecule has 0 radical (unpaired) electrons. The first-order valence-electron chi connectivity index (χ1n) is 11.3. The number of carbonyl (C=O) groups is 1. The maximum atomic E-state index is 10.9. The van der Waals surface area contributed by atoms with E-state index in [2.05, 4.69) is 35.6 Å². The number of nitrogens with zero attached hydrogens (tertiary/aromatic N) is 1. The Morgan fingerprint density at radius 1 is 1.31 bits per heavy atom. The number of aliphatic carboxylic acids is 1. The summed E-state index contributed by atoms with van der Waals surface area (Å²) in [6.07, 6.45) is 16.2. The number of carboxylic acid groups (broad SMARTS) is 1. The number of rotatable bonds is 12. The number of pyridine rings is 1. The highest BCUT2D eigenvalue weighted by atomic mass is 16.6. The summed E-state index contributed by atoms with van der Waals surface area (Å²) in [5.41, 5.74) is 7.34. The number of ether oxygens (including phenoxy) is 1. The predicted octanol–water partition coefficient (Wildman–Crippen LogP) is 5.27. The Labute approximate surface area is 189 Å². The lowest BCUT2D eigenvalue weighted by Crippen LogP contribution is -2.15. The molecule has 170 valence electrons. The summed E-state index contributed by atoms with van der Waals surface area (Å²) in [7, 11) is 0. The van der Waals surface area contributed by atoms with E-state index in [4.69, 9.17) is 14.7 Å². The van der Waals surface area contributed by atoms with Gasteiger partial charge in [0, 0.05) is 23.9 Å². The van der Waals surface area contributed by atoms with Gasteiger partial charge in [-0.2, -0.15) is 0 Å². The highest BCUT2D eigenvalue weighted by Gasteiger charge is 2.21. The first-order chi connectivity index (χ1) is 15.7. The fraction of sp³-hybridized carbons (Fsp3) is 0.385. The molecule has 0 saturated heterocycles. The monoisotopic (exact) mass is 436 g/mol. The Hall–Kier alpha value is -3.12. The zero-order chi connectivity index (χ0) is 22.6. The minimum Gasteiger partial charge on any atom is -0.482 e. The second-order valence-corrected chi connectivity index (χ2v) is 7.85. The summed E-state index contributed by atoms with van der Waals surface area (Å²) in [6, 6.07) is 9.82. The van der Waals surface area contributed by atoms with Crippen LogP contribution in [0.5, 0.6) is 5.75 Å². The van der Waals surface area contributed by atoms with Crippen LogP contribution >= 0.6 is 0 Å². The van der Waals surface area contributed by atoms with E-state index in [1.807, 2.05) is 36.5 Å². The van der Waals surface area contributed by atoms with Crippen molar-refractivity contribution in [2.24, 2.45) is 0 Å². The summed E-state index contributed by atoms with van der Waals surface area (Å²) in [6.45, 7) is 2.30. The van der Waals surface area contributed by atoms with Crippen molar-refractivity contribution in [2.75, 3.05) is 13.2 Å². The average Bonchev–Trinajstić information content (AvgIpc) is 2.82. The molecule has 0 saturated carbocycles. The molecule has 0 fully saturated rings. The second-order valence-electron chi connectivity index (χ2n) is 7.85. The van der Waals surface area contributed by atoms with Gasteiger partial charge in [-0.3, -0.25) is 15.3 Å². The molecule has 6 heteroatoms. The van der Waals surface area contributed by atoms with E-state index in [0.717, 1.165) is 55.3 Å². The fourth-order valence-corrected chi connectivity index (χ4v) is 3.90. The van der Waals surface area contributed by atoms with E-state index in [0.29, 0.717) is 12.4 Å². The lowest BCUT2D eigenvalue weighted by molar-refractivity contribution is -0.139. The number of benzene rings is 1. The topological polar surface area (TPSA) is 80.7 Å². The Kier molecular flexibility index (Phi) is 9.32. The number of hydrogen-bond acceptors (Lipinski definition) is 5. The van der Waals surface area contributed by atoms with E-state index in [9.17, 15) is 4.79 Å². The van der Waals surface area contributed by atoms with E-state index in [-0.39, 0.29) is 12.5 Å². The standard InChI is InChI=1S/C26H32N2O4/c1-2-3-4-14-24(21-10-7-16-27-18-21)28-32-17-8-11-20-9-5-13-23-22(20)12-6-15-25(23)31-19-26(29)30/h6-8,10-12,14-16,18,20,28H,2-5,9,13,17,19H2,1H3,(H,29,30). The Balaban J connectivity index is 1.58. The van der Waals surface area contributed by atoms with Gasteiger partial charge in [0.25, 0.3) is 0 Å². The molecule has 1 aromatic carbocycles. The molecule has 1 heterocycles. The number of carboxylic acids is 1. The predicted molar refractivity (Wildman–Crippen MR) is 125 cm³/mol. The molecule has 0 amide bonds. The fourth-order valence-electron chi connectivity index (χ4n) is 3.90. The first-order valence-corrected chi connectivity index (χ1v) is 11.3. The van der Waals surface area contributed by atoms with Gasteiger partial charge in [-0.05, 0) is 61.4 Å². The molecule has 0 spiro atoms. The van der Waals surface area contributed by atoms with Gasteiger partial charge in [0.1, 0.15) is 5.75 Å². The Morgan fingerprint density at radius 3 is 3.00 bits per heavy atom. The number of allylic oxidation sites excluding steroid dienone is 2. The molecular formula is C26H32N2O4. The third-order valence-electron chi connectivity index (χ3n) is 5.47. The van der Waals surface area contributed by atoms with Crippen LogP contribution in [0.3, 0.4) is 0 Å². The molecule has 1 aliphatic carbocycles. The lowest BCUT2D eigenvalue weighted by atomic mass is 9.82. The third-order valence-corrected chi connectivity index (χ3v) is 5.47. The Morgan fingerprint density at radius 2 is 2.22 bits per heavy atom. The molecule has 3 rings (SSSR count). The van der Waals surface area contributed by atoms with Crippen LogP contribution in [-0.4, -0.2) is 29.3 Å². The zero-order valence-electron chi connectivity index (χ0n) is 18.6. The molecule has 2 N–H and O–H groups in total. The van der Waals surface area contributed by atoms with Crippen LogP contribution in [0, 0.1) is 0 Å². The van der Waals surface area contributed by atoms with Crippen molar-refractivity contribution in [3.05, 3.63) is 77.6 Å². The van der Waals surface area contributed by atoms with Gasteiger partial charge >= 0.3 is 5.97 Å². The largest absolute Gasteiger partial charge is 0.482 e. The van der Waals surface area contributed by atoms with E-state index < -0.39 is 5.97 Å². The van der Waals surface area contributed by atoms with Crippen molar-refractivity contribution in [2.45, 2.75) is 51.4 Å². The van der Waals surface area contributed by atoms with Crippen molar-refractivity contribution in [3.8, 4) is 5.75 Å². The van der Waals surface area contributed by atoms with Gasteiger partial charge in [0.05, 0.1) is 12.3 Å². The maximum Gasteiger partial charge on any atom is 0.341 e. The van der Waals surface area contributed by atoms with Gasteiger partial charge in [0.15, 0.2) is 6.61 Å². The van der Waals surface area contributed by atoms with Crippen molar-refractivity contribution >= 4 is 11.7 Å². The van der Waals surface area contributed by atoms with Gasteiger partial charge in [0.2, 0.25) is 0 Å². The molecule has 0 bridgehead atoms. The Bertz CT molecular complexity index is 925. The molecule has 1 unspecified atom stereocenters. The van der Waals surface area contributed by atoms with Crippen LogP contribution in [0.1, 0.15) is 61.6 Å². The highest BCUT2D eigenvalue weighted by Crippen LogP contribution is 2.37. The molecular weight excluding hydrogens is 404 g/mol. The molecule has 1 atom stereocenters. The second kappa shape index (κ2) is 12.7. The minimum absolute atomic E-state index is 0.272. The molecule has 1 aromatic heterocycles. The van der Waals surface area contributed by atoms with E-state index in [1.54, 1.807) is 6.20 Å². The number of nitrogens with one attached hydrogen (secondary N) is 1. The van der Waals surface area contributed by atoms with Crippen LogP contribution in [0.15, 0.2) is 61.0 Å². The van der Waals surface area contributed by atoms with Crippen molar-refractivity contribution < 1.29 is 19.5 Å².